The highest BCUT2D eigenvalue weighted by molar-refractivity contribution is 7.47. The Balaban J connectivity index is 4.31. The SMILES string of the molecule is CC/C=C\C/C=C\C/C=C\C/C=C\C/C=C\C/C=C\CCCOCC(COP(=O)(O)OCC(O)CO)OC(=O)CCCCCCC/C=C\CCCCCCCCC. The van der Waals surface area contributed by atoms with E-state index in [4.69, 9.17) is 23.6 Å². The lowest BCUT2D eigenvalue weighted by Gasteiger charge is -2.20. The van der Waals surface area contributed by atoms with E-state index in [1.807, 2.05) is 0 Å². The number of carbonyl (C=O) groups is 1. The molecule has 3 atom stereocenters. The Hall–Kier alpha value is -2.36. The summed E-state index contributed by atoms with van der Waals surface area (Å²) in [6.07, 6.45) is 52.7. The average Bonchev–Trinajstić information content (AvgIpc) is 3.20. The first-order chi connectivity index (χ1) is 27.8. The lowest BCUT2D eigenvalue weighted by atomic mass is 10.1. The van der Waals surface area contributed by atoms with Gasteiger partial charge in [-0.25, -0.2) is 4.57 Å². The number of aliphatic hydroxyl groups is 2. The third-order valence-electron chi connectivity index (χ3n) is 8.81. The quantitative estimate of drug-likeness (QED) is 0.0239. The van der Waals surface area contributed by atoms with Gasteiger partial charge in [-0.1, -0.05) is 157 Å². The van der Waals surface area contributed by atoms with Crippen molar-refractivity contribution in [2.45, 2.75) is 174 Å². The molecule has 0 heterocycles. The molecule has 0 saturated carbocycles. The summed E-state index contributed by atoms with van der Waals surface area (Å²) in [6.45, 7) is 3.21. The van der Waals surface area contributed by atoms with Crippen molar-refractivity contribution in [1.29, 1.82) is 0 Å². The Morgan fingerprint density at radius 2 is 1.00 bits per heavy atom. The summed E-state index contributed by atoms with van der Waals surface area (Å²) in [5.41, 5.74) is 0. The summed E-state index contributed by atoms with van der Waals surface area (Å²) in [6, 6.07) is 0. The number of hydrogen-bond donors (Lipinski definition) is 3. The molecule has 10 heteroatoms. The standard InChI is InChI=1S/C47H81O9P/c1-3-5-7-9-11-13-15-17-19-21-22-23-24-26-28-30-32-34-36-38-40-53-43-46(44-55-57(51,52)54-42-45(49)41-48)56-47(50)39-37-35-33-31-29-27-25-20-18-16-14-12-10-8-6-4-2/h5,7,11,13,17,19-20,22-23,25-26,28,32,34,45-46,48-49H,3-4,6,8-10,12,14-16,18,21,24,27,29-31,33,35-44H2,1-2H3,(H,51,52)/b7-5-,13-11-,19-17-,23-22-,25-20-,28-26-,34-32-. The predicted molar refractivity (Wildman–Crippen MR) is 237 cm³/mol. The maximum atomic E-state index is 12.6. The van der Waals surface area contributed by atoms with Gasteiger partial charge in [0.2, 0.25) is 0 Å². The largest absolute Gasteiger partial charge is 0.472 e. The molecule has 0 aliphatic carbocycles. The normalized spacial score (nSPS) is 14.8. The van der Waals surface area contributed by atoms with Crippen LogP contribution in [0.5, 0.6) is 0 Å². The van der Waals surface area contributed by atoms with Gasteiger partial charge in [0.15, 0.2) is 0 Å². The monoisotopic (exact) mass is 821 g/mol. The van der Waals surface area contributed by atoms with E-state index in [1.54, 1.807) is 0 Å². The van der Waals surface area contributed by atoms with Crippen molar-refractivity contribution in [1.82, 2.24) is 0 Å². The molecule has 0 fully saturated rings. The minimum Gasteiger partial charge on any atom is -0.457 e. The van der Waals surface area contributed by atoms with Gasteiger partial charge < -0.3 is 24.6 Å². The van der Waals surface area contributed by atoms with Crippen LogP contribution in [0.1, 0.15) is 162 Å². The minimum atomic E-state index is -4.54. The number of allylic oxidation sites excluding steroid dienone is 14. The molecule has 0 amide bonds. The fraction of sp³-hybridized carbons (Fsp3) is 0.681. The van der Waals surface area contributed by atoms with Crippen LogP contribution in [0.15, 0.2) is 85.1 Å². The van der Waals surface area contributed by atoms with Crippen molar-refractivity contribution >= 4 is 13.8 Å². The summed E-state index contributed by atoms with van der Waals surface area (Å²) in [4.78, 5) is 22.6. The molecule has 0 spiro atoms. The van der Waals surface area contributed by atoms with E-state index in [0.717, 1.165) is 83.5 Å². The van der Waals surface area contributed by atoms with Gasteiger partial charge in [-0.2, -0.15) is 0 Å². The van der Waals surface area contributed by atoms with E-state index < -0.39 is 45.8 Å². The molecule has 0 bridgehead atoms. The third kappa shape index (κ3) is 43.1. The van der Waals surface area contributed by atoms with Crippen LogP contribution in [0.3, 0.4) is 0 Å². The van der Waals surface area contributed by atoms with Gasteiger partial charge in [0, 0.05) is 13.0 Å². The Bertz CT molecular complexity index is 1160. The molecule has 0 aliphatic heterocycles. The lowest BCUT2D eigenvalue weighted by molar-refractivity contribution is -0.154. The van der Waals surface area contributed by atoms with Crippen molar-refractivity contribution in [3.05, 3.63) is 85.1 Å². The number of carbonyl (C=O) groups excluding carboxylic acids is 1. The van der Waals surface area contributed by atoms with Gasteiger partial charge in [0.25, 0.3) is 0 Å². The maximum Gasteiger partial charge on any atom is 0.472 e. The molecule has 3 unspecified atom stereocenters. The van der Waals surface area contributed by atoms with Crippen molar-refractivity contribution in [3.63, 3.8) is 0 Å². The fourth-order valence-corrected chi connectivity index (χ4v) is 6.27. The molecule has 0 saturated heterocycles. The van der Waals surface area contributed by atoms with Crippen LogP contribution in [0, 0.1) is 0 Å². The van der Waals surface area contributed by atoms with E-state index in [0.29, 0.717) is 13.0 Å². The highest BCUT2D eigenvalue weighted by Gasteiger charge is 2.26. The number of esters is 1. The van der Waals surface area contributed by atoms with Crippen LogP contribution in [0.4, 0.5) is 0 Å². The van der Waals surface area contributed by atoms with Crippen LogP contribution in [-0.2, 0) is 27.9 Å². The third-order valence-corrected chi connectivity index (χ3v) is 9.77. The molecule has 57 heavy (non-hydrogen) atoms. The van der Waals surface area contributed by atoms with Crippen molar-refractivity contribution in [2.75, 3.05) is 33.0 Å². The molecule has 0 radical (unpaired) electrons. The zero-order valence-electron chi connectivity index (χ0n) is 35.8. The van der Waals surface area contributed by atoms with Crippen LogP contribution in [0.25, 0.3) is 0 Å². The Labute approximate surface area is 347 Å². The molecule has 0 aliphatic rings. The lowest BCUT2D eigenvalue weighted by Crippen LogP contribution is -2.29. The van der Waals surface area contributed by atoms with Gasteiger partial charge in [0.05, 0.1) is 26.4 Å². The van der Waals surface area contributed by atoms with Crippen molar-refractivity contribution in [2.24, 2.45) is 0 Å². The average molecular weight is 821 g/mol. The number of phosphoric acid groups is 1. The Morgan fingerprint density at radius 3 is 1.53 bits per heavy atom. The summed E-state index contributed by atoms with van der Waals surface area (Å²) in [5, 5.41) is 18.4. The van der Waals surface area contributed by atoms with Gasteiger partial charge in [0.1, 0.15) is 12.2 Å². The number of phosphoric ester groups is 1. The van der Waals surface area contributed by atoms with Gasteiger partial charge >= 0.3 is 13.8 Å². The van der Waals surface area contributed by atoms with E-state index in [9.17, 15) is 19.4 Å². The summed E-state index contributed by atoms with van der Waals surface area (Å²) >= 11 is 0. The number of hydrogen-bond acceptors (Lipinski definition) is 8. The smallest absolute Gasteiger partial charge is 0.457 e. The molecule has 9 nitrogen and oxygen atoms in total. The second kappa shape index (κ2) is 43.2. The van der Waals surface area contributed by atoms with Gasteiger partial charge in [-0.15, -0.1) is 0 Å². The van der Waals surface area contributed by atoms with E-state index in [1.165, 1.54) is 51.4 Å². The zero-order chi connectivity index (χ0) is 41.8. The first kappa shape index (κ1) is 54.6. The van der Waals surface area contributed by atoms with E-state index >= 15 is 0 Å². The molecule has 0 aromatic rings. The highest BCUT2D eigenvalue weighted by Crippen LogP contribution is 2.43. The minimum absolute atomic E-state index is 0.00122. The molecule has 328 valence electrons. The second-order valence-corrected chi connectivity index (χ2v) is 15.8. The number of aliphatic hydroxyl groups excluding tert-OH is 2. The van der Waals surface area contributed by atoms with E-state index in [2.05, 4.69) is 98.9 Å². The van der Waals surface area contributed by atoms with Crippen molar-refractivity contribution < 1.29 is 43.0 Å². The van der Waals surface area contributed by atoms with Crippen molar-refractivity contribution in [3.8, 4) is 0 Å². The summed E-state index contributed by atoms with van der Waals surface area (Å²) < 4.78 is 33.3. The predicted octanol–water partition coefficient (Wildman–Crippen LogP) is 12.3. The van der Waals surface area contributed by atoms with Gasteiger partial charge in [-0.05, 0) is 83.5 Å². The molecule has 0 aromatic heterocycles. The number of ether oxygens (including phenoxy) is 2. The Morgan fingerprint density at radius 1 is 0.561 bits per heavy atom. The highest BCUT2D eigenvalue weighted by atomic mass is 31.2. The number of rotatable bonds is 41. The summed E-state index contributed by atoms with van der Waals surface area (Å²) in [7, 11) is -4.54. The first-order valence-corrected chi connectivity index (χ1v) is 23.6. The van der Waals surface area contributed by atoms with Gasteiger partial charge in [-0.3, -0.25) is 13.8 Å². The maximum absolute atomic E-state index is 12.6. The molecular weight excluding hydrogens is 739 g/mol. The molecule has 0 rings (SSSR count). The zero-order valence-corrected chi connectivity index (χ0v) is 36.7. The topological polar surface area (TPSA) is 132 Å². The Kier molecular flexibility index (Phi) is 41.4. The summed E-state index contributed by atoms with van der Waals surface area (Å²) in [5.74, 6) is -0.414. The number of unbranched alkanes of at least 4 members (excludes halogenated alkanes) is 13. The first-order valence-electron chi connectivity index (χ1n) is 22.1. The van der Waals surface area contributed by atoms with E-state index in [-0.39, 0.29) is 13.0 Å². The van der Waals surface area contributed by atoms with Crippen LogP contribution >= 0.6 is 7.82 Å². The fourth-order valence-electron chi connectivity index (χ4n) is 5.48. The van der Waals surface area contributed by atoms with Crippen LogP contribution in [-0.4, -0.2) is 66.3 Å². The molecular formula is C47H81O9P. The molecule has 0 aromatic carbocycles. The van der Waals surface area contributed by atoms with Crippen LogP contribution < -0.4 is 0 Å². The second-order valence-electron chi connectivity index (χ2n) is 14.3. The molecule has 3 N–H and O–H groups in total. The van der Waals surface area contributed by atoms with Crippen LogP contribution in [0.2, 0.25) is 0 Å².